The van der Waals surface area contributed by atoms with Crippen LogP contribution >= 0.6 is 11.8 Å². The third-order valence-corrected chi connectivity index (χ3v) is 3.64. The molecule has 0 aliphatic heterocycles. The Balaban J connectivity index is 1.85. The number of rotatable bonds is 5. The second-order valence-corrected chi connectivity index (χ2v) is 7.10. The number of hydrogen-bond acceptors (Lipinski definition) is 5. The van der Waals surface area contributed by atoms with Crippen molar-refractivity contribution in [1.29, 1.82) is 0 Å². The fourth-order valence-corrected chi connectivity index (χ4v) is 2.33. The van der Waals surface area contributed by atoms with Gasteiger partial charge in [0.25, 0.3) is 11.8 Å². The molecule has 1 aromatic carbocycles. The first-order chi connectivity index (χ1) is 9.04. The first-order valence-electron chi connectivity index (χ1n) is 6.31. The minimum absolute atomic E-state index is 0.286. The first-order valence-corrected chi connectivity index (χ1v) is 7.30. The number of nitrogens with zero attached hydrogens (tertiary/aromatic N) is 2. The summed E-state index contributed by atoms with van der Waals surface area (Å²) in [5.74, 6) is 2.11. The molecule has 0 radical (unpaired) electrons. The Morgan fingerprint density at radius 2 is 1.95 bits per heavy atom. The Labute approximate surface area is 118 Å². The van der Waals surface area contributed by atoms with Gasteiger partial charge in [0.1, 0.15) is 0 Å². The van der Waals surface area contributed by atoms with Crippen LogP contribution in [-0.2, 0) is 0 Å². The molecule has 0 unspecified atom stereocenters. The summed E-state index contributed by atoms with van der Waals surface area (Å²) in [5.41, 5.74) is 0.937. The summed E-state index contributed by atoms with van der Waals surface area (Å²) < 4.78 is 5.50. The summed E-state index contributed by atoms with van der Waals surface area (Å²) in [7, 11) is 0. The first kappa shape index (κ1) is 13.9. The smallest absolute Gasteiger partial charge is 0.263 e. The molecule has 1 heterocycles. The third-order valence-electron chi connectivity index (χ3n) is 2.37. The zero-order valence-corrected chi connectivity index (χ0v) is 12.3. The third kappa shape index (κ3) is 4.59. The zero-order valence-electron chi connectivity index (χ0n) is 11.5. The molecule has 0 fully saturated rings. The van der Waals surface area contributed by atoms with E-state index < -0.39 is 0 Å². The van der Waals surface area contributed by atoms with E-state index in [4.69, 9.17) is 4.52 Å². The van der Waals surface area contributed by atoms with E-state index in [-0.39, 0.29) is 4.75 Å². The van der Waals surface area contributed by atoms with E-state index in [9.17, 15) is 0 Å². The molecule has 2 rings (SSSR count). The highest BCUT2D eigenvalue weighted by Gasteiger charge is 2.11. The van der Waals surface area contributed by atoms with E-state index in [1.807, 2.05) is 42.1 Å². The number of hydrogen-bond donors (Lipinski definition) is 1. The van der Waals surface area contributed by atoms with Gasteiger partial charge in [0.2, 0.25) is 0 Å². The van der Waals surface area contributed by atoms with Crippen LogP contribution in [0.2, 0.25) is 0 Å². The van der Waals surface area contributed by atoms with Crippen LogP contribution in [0.3, 0.4) is 0 Å². The molecule has 0 amide bonds. The summed E-state index contributed by atoms with van der Waals surface area (Å²) in [6.45, 7) is 7.45. The minimum Gasteiger partial charge on any atom is -0.351 e. The van der Waals surface area contributed by atoms with E-state index in [0.717, 1.165) is 17.9 Å². The van der Waals surface area contributed by atoms with E-state index in [1.54, 1.807) is 0 Å². The van der Waals surface area contributed by atoms with Crippen molar-refractivity contribution in [2.24, 2.45) is 0 Å². The molecule has 102 valence electrons. The number of anilines is 1. The molecule has 0 aliphatic rings. The molecule has 1 N–H and O–H groups in total. The van der Waals surface area contributed by atoms with Crippen LogP contribution in [-0.4, -0.2) is 27.2 Å². The van der Waals surface area contributed by atoms with Gasteiger partial charge in [-0.2, -0.15) is 16.7 Å². The van der Waals surface area contributed by atoms with Crippen LogP contribution in [0.25, 0.3) is 11.5 Å². The average molecular weight is 277 g/mol. The van der Waals surface area contributed by atoms with Crippen molar-refractivity contribution in [3.8, 4) is 11.5 Å². The van der Waals surface area contributed by atoms with Crippen LogP contribution < -0.4 is 5.32 Å². The molecule has 5 heteroatoms. The van der Waals surface area contributed by atoms with Gasteiger partial charge in [0.05, 0.1) is 0 Å². The predicted octanol–water partition coefficient (Wildman–Crippen LogP) is 3.68. The molecule has 2 aromatic rings. The summed E-state index contributed by atoms with van der Waals surface area (Å²) in [5, 5.41) is 7.09. The lowest BCUT2D eigenvalue weighted by molar-refractivity contribution is 0.432. The van der Waals surface area contributed by atoms with Crippen LogP contribution in [0.15, 0.2) is 34.9 Å². The fraction of sp³-hybridized carbons (Fsp3) is 0.429. The van der Waals surface area contributed by atoms with Crippen LogP contribution in [0.5, 0.6) is 0 Å². The molecule has 0 aliphatic carbocycles. The molecule has 0 spiro atoms. The van der Waals surface area contributed by atoms with Gasteiger partial charge in [-0.25, -0.2) is 0 Å². The summed E-state index contributed by atoms with van der Waals surface area (Å²) in [6, 6.07) is 9.77. The van der Waals surface area contributed by atoms with Gasteiger partial charge in [-0.15, -0.1) is 0 Å². The second kappa shape index (κ2) is 6.10. The van der Waals surface area contributed by atoms with Crippen molar-refractivity contribution in [2.45, 2.75) is 25.5 Å². The molecule has 19 heavy (non-hydrogen) atoms. The maximum absolute atomic E-state index is 5.22. The molecule has 0 atom stereocenters. The maximum Gasteiger partial charge on any atom is 0.263 e. The molecule has 0 saturated carbocycles. The van der Waals surface area contributed by atoms with E-state index in [2.05, 4.69) is 36.2 Å². The largest absolute Gasteiger partial charge is 0.351 e. The topological polar surface area (TPSA) is 51.0 Å². The van der Waals surface area contributed by atoms with Gasteiger partial charge in [-0.1, -0.05) is 39.0 Å². The number of benzene rings is 1. The molecular formula is C14H19N3OS. The highest BCUT2D eigenvalue weighted by molar-refractivity contribution is 8.00. The standard InChI is InChI=1S/C14H19N3OS/c1-14(2,3)19-10-9-15-13-16-12(18-17-13)11-7-5-4-6-8-11/h4-8H,9-10H2,1-3H3,(H,15,17). The summed E-state index contributed by atoms with van der Waals surface area (Å²) >= 11 is 1.91. The molecule has 1 aromatic heterocycles. The average Bonchev–Trinajstić information content (AvgIpc) is 2.83. The van der Waals surface area contributed by atoms with E-state index in [0.29, 0.717) is 11.8 Å². The van der Waals surface area contributed by atoms with Gasteiger partial charge in [0.15, 0.2) is 0 Å². The monoisotopic (exact) mass is 277 g/mol. The Morgan fingerprint density at radius 3 is 2.63 bits per heavy atom. The SMILES string of the molecule is CC(C)(C)SCCNc1noc(-c2ccccc2)n1. The normalized spacial score (nSPS) is 11.5. The van der Waals surface area contributed by atoms with Crippen molar-refractivity contribution < 1.29 is 4.52 Å². The Hall–Kier alpha value is -1.49. The highest BCUT2D eigenvalue weighted by Crippen LogP contribution is 2.22. The quantitative estimate of drug-likeness (QED) is 0.845. The predicted molar refractivity (Wildman–Crippen MR) is 80.4 cm³/mol. The molecular weight excluding hydrogens is 258 g/mol. The van der Waals surface area contributed by atoms with Gasteiger partial charge in [-0.05, 0) is 17.3 Å². The lowest BCUT2D eigenvalue weighted by atomic mass is 10.2. The van der Waals surface area contributed by atoms with Crippen LogP contribution in [0.1, 0.15) is 20.8 Å². The zero-order chi connectivity index (χ0) is 13.7. The van der Waals surface area contributed by atoms with E-state index in [1.165, 1.54) is 0 Å². The van der Waals surface area contributed by atoms with Crippen molar-refractivity contribution in [3.63, 3.8) is 0 Å². The Bertz CT molecular complexity index is 505. The lowest BCUT2D eigenvalue weighted by Gasteiger charge is -2.17. The minimum atomic E-state index is 0.286. The molecule has 4 nitrogen and oxygen atoms in total. The number of thioether (sulfide) groups is 1. The molecule has 0 bridgehead atoms. The summed E-state index contributed by atoms with van der Waals surface area (Å²) in [6.07, 6.45) is 0. The molecule has 0 saturated heterocycles. The van der Waals surface area contributed by atoms with Gasteiger partial charge in [0, 0.05) is 22.6 Å². The van der Waals surface area contributed by atoms with Gasteiger partial charge < -0.3 is 9.84 Å². The Morgan fingerprint density at radius 1 is 1.21 bits per heavy atom. The van der Waals surface area contributed by atoms with Gasteiger partial charge >= 0.3 is 0 Å². The lowest BCUT2D eigenvalue weighted by Crippen LogP contribution is -2.13. The van der Waals surface area contributed by atoms with Crippen molar-refractivity contribution >= 4 is 17.7 Å². The van der Waals surface area contributed by atoms with Gasteiger partial charge in [-0.3, -0.25) is 0 Å². The highest BCUT2D eigenvalue weighted by atomic mass is 32.2. The van der Waals surface area contributed by atoms with E-state index >= 15 is 0 Å². The second-order valence-electron chi connectivity index (χ2n) is 5.18. The van der Waals surface area contributed by atoms with Crippen molar-refractivity contribution in [1.82, 2.24) is 10.1 Å². The van der Waals surface area contributed by atoms with Crippen molar-refractivity contribution in [3.05, 3.63) is 30.3 Å². The number of nitrogens with one attached hydrogen (secondary N) is 1. The van der Waals surface area contributed by atoms with Crippen LogP contribution in [0, 0.1) is 0 Å². The van der Waals surface area contributed by atoms with Crippen LogP contribution in [0.4, 0.5) is 5.95 Å². The number of aromatic nitrogens is 2. The maximum atomic E-state index is 5.22. The Kier molecular flexibility index (Phi) is 4.47. The van der Waals surface area contributed by atoms with Crippen molar-refractivity contribution in [2.75, 3.05) is 17.6 Å². The summed E-state index contributed by atoms with van der Waals surface area (Å²) in [4.78, 5) is 4.32. The fourth-order valence-electron chi connectivity index (χ4n) is 1.51.